The first kappa shape index (κ1) is 21.7. The van der Waals surface area contributed by atoms with Gasteiger partial charge in [-0.05, 0) is 18.1 Å². The van der Waals surface area contributed by atoms with Crippen molar-refractivity contribution in [3.05, 3.63) is 66.1 Å². The summed E-state index contributed by atoms with van der Waals surface area (Å²) in [6.07, 6.45) is 1.30. The minimum absolute atomic E-state index is 0.140. The summed E-state index contributed by atoms with van der Waals surface area (Å²) in [5, 5.41) is 6.74. The number of aryl methyl sites for hydroxylation is 1. The van der Waals surface area contributed by atoms with Crippen LogP contribution in [-0.4, -0.2) is 42.9 Å². The summed E-state index contributed by atoms with van der Waals surface area (Å²) in [5.41, 5.74) is 1.42. The largest absolute Gasteiger partial charge is 0.352 e. The third-order valence-corrected chi connectivity index (χ3v) is 6.42. The molecule has 0 spiro atoms. The number of carbonyl (C=O) groups is 1. The number of sulfonamides is 1. The molecule has 8 nitrogen and oxygen atoms in total. The molecule has 158 valence electrons. The molecule has 0 atom stereocenters. The van der Waals surface area contributed by atoms with Gasteiger partial charge in [-0.15, -0.1) is 0 Å². The molecule has 30 heavy (non-hydrogen) atoms. The van der Waals surface area contributed by atoms with E-state index in [-0.39, 0.29) is 23.8 Å². The zero-order valence-electron chi connectivity index (χ0n) is 16.9. The minimum Gasteiger partial charge on any atom is -0.352 e. The Labute approximate surface area is 176 Å². The fourth-order valence-electron chi connectivity index (χ4n) is 2.84. The van der Waals surface area contributed by atoms with Gasteiger partial charge >= 0.3 is 0 Å². The van der Waals surface area contributed by atoms with E-state index in [2.05, 4.69) is 15.5 Å². The van der Waals surface area contributed by atoms with Crippen LogP contribution in [0.4, 0.5) is 0 Å². The van der Waals surface area contributed by atoms with E-state index < -0.39 is 10.0 Å². The second-order valence-electron chi connectivity index (χ2n) is 6.90. The number of carbonyl (C=O) groups excluding carboxylic acids is 1. The number of rotatable bonds is 9. The molecule has 0 bridgehead atoms. The molecule has 0 saturated heterocycles. The van der Waals surface area contributed by atoms with Gasteiger partial charge in [-0.25, -0.2) is 12.7 Å². The molecule has 9 heteroatoms. The van der Waals surface area contributed by atoms with Gasteiger partial charge in [0.15, 0.2) is 0 Å². The normalized spacial score (nSPS) is 11.6. The van der Waals surface area contributed by atoms with Crippen molar-refractivity contribution in [2.45, 2.75) is 30.7 Å². The fourth-order valence-corrected chi connectivity index (χ4v) is 3.96. The topological polar surface area (TPSA) is 105 Å². The zero-order chi connectivity index (χ0) is 21.6. The third kappa shape index (κ3) is 5.31. The molecule has 0 unspecified atom stereocenters. The fraction of sp³-hybridized carbons (Fsp3) is 0.286. The van der Waals surface area contributed by atoms with Crippen LogP contribution >= 0.6 is 0 Å². The van der Waals surface area contributed by atoms with Crippen LogP contribution in [0.3, 0.4) is 0 Å². The van der Waals surface area contributed by atoms with Crippen molar-refractivity contribution in [2.75, 3.05) is 14.1 Å². The number of nitrogens with zero attached hydrogens (tertiary/aromatic N) is 3. The summed E-state index contributed by atoms with van der Waals surface area (Å²) in [6, 6.07) is 16.2. The number of hydrogen-bond donors (Lipinski definition) is 1. The highest BCUT2D eigenvalue weighted by Gasteiger charge is 2.20. The number of amides is 1. The highest BCUT2D eigenvalue weighted by Crippen LogP contribution is 2.18. The summed E-state index contributed by atoms with van der Waals surface area (Å²) < 4.78 is 31.2. The molecule has 0 saturated carbocycles. The second kappa shape index (κ2) is 9.64. The maximum atomic E-state index is 12.4. The lowest BCUT2D eigenvalue weighted by atomic mass is 10.2. The summed E-state index contributed by atoms with van der Waals surface area (Å²) in [7, 11) is -0.619. The van der Waals surface area contributed by atoms with E-state index in [4.69, 9.17) is 4.52 Å². The molecule has 0 aliphatic rings. The standard InChI is InChI=1S/C21H24N4O4S/c1-25(2)30(27,28)18-12-7-6-11-17(18)15-22-19(26)13-8-14-20-23-21(24-29-20)16-9-4-3-5-10-16/h3-7,9-12H,8,13-15H2,1-2H3,(H,22,26). The maximum absolute atomic E-state index is 12.4. The average molecular weight is 429 g/mol. The van der Waals surface area contributed by atoms with E-state index in [1.165, 1.54) is 20.2 Å². The van der Waals surface area contributed by atoms with Gasteiger partial charge in [0, 0.05) is 39.0 Å². The molecule has 1 aromatic heterocycles. The van der Waals surface area contributed by atoms with Crippen molar-refractivity contribution < 1.29 is 17.7 Å². The smallest absolute Gasteiger partial charge is 0.242 e. The van der Waals surface area contributed by atoms with Crippen LogP contribution in [0.5, 0.6) is 0 Å². The van der Waals surface area contributed by atoms with Crippen molar-refractivity contribution in [3.63, 3.8) is 0 Å². The van der Waals surface area contributed by atoms with Gasteiger partial charge in [-0.3, -0.25) is 4.79 Å². The molecule has 0 fully saturated rings. The van der Waals surface area contributed by atoms with Crippen LogP contribution in [0.2, 0.25) is 0 Å². The third-order valence-electron chi connectivity index (χ3n) is 4.50. The van der Waals surface area contributed by atoms with Gasteiger partial charge in [0.1, 0.15) is 0 Å². The van der Waals surface area contributed by atoms with Gasteiger partial charge in [-0.1, -0.05) is 53.7 Å². The molecule has 0 aliphatic carbocycles. The van der Waals surface area contributed by atoms with Crippen molar-refractivity contribution in [2.24, 2.45) is 0 Å². The molecule has 1 heterocycles. The lowest BCUT2D eigenvalue weighted by molar-refractivity contribution is -0.121. The molecule has 2 aromatic carbocycles. The van der Waals surface area contributed by atoms with Crippen LogP contribution in [0.25, 0.3) is 11.4 Å². The highest BCUT2D eigenvalue weighted by molar-refractivity contribution is 7.89. The van der Waals surface area contributed by atoms with Gasteiger partial charge < -0.3 is 9.84 Å². The van der Waals surface area contributed by atoms with Crippen molar-refractivity contribution >= 4 is 15.9 Å². The molecule has 1 N–H and O–H groups in total. The summed E-state index contributed by atoms with van der Waals surface area (Å²) in [4.78, 5) is 16.7. The van der Waals surface area contributed by atoms with E-state index in [0.29, 0.717) is 30.1 Å². The van der Waals surface area contributed by atoms with Crippen molar-refractivity contribution in [3.8, 4) is 11.4 Å². The van der Waals surface area contributed by atoms with Gasteiger partial charge in [0.25, 0.3) is 0 Å². The molecule has 1 amide bonds. The predicted octanol–water partition coefficient (Wildman–Crippen LogP) is 2.63. The van der Waals surface area contributed by atoms with Crippen LogP contribution in [0.15, 0.2) is 64.0 Å². The molecule has 3 rings (SSSR count). The summed E-state index contributed by atoms with van der Waals surface area (Å²) in [6.45, 7) is 0.140. The van der Waals surface area contributed by atoms with E-state index in [0.717, 1.165) is 9.87 Å². The van der Waals surface area contributed by atoms with Gasteiger partial charge in [0.2, 0.25) is 27.6 Å². The lowest BCUT2D eigenvalue weighted by Crippen LogP contribution is -2.27. The number of aromatic nitrogens is 2. The van der Waals surface area contributed by atoms with Crippen LogP contribution < -0.4 is 5.32 Å². The highest BCUT2D eigenvalue weighted by atomic mass is 32.2. The molecule has 0 aliphatic heterocycles. The Hall–Kier alpha value is -3.04. The Bertz CT molecular complexity index is 1090. The van der Waals surface area contributed by atoms with Crippen LogP contribution in [0.1, 0.15) is 24.3 Å². The summed E-state index contributed by atoms with van der Waals surface area (Å²) >= 11 is 0. The Kier molecular flexibility index (Phi) is 6.96. The SMILES string of the molecule is CN(C)S(=O)(=O)c1ccccc1CNC(=O)CCCc1nc(-c2ccccc2)no1. The van der Waals surface area contributed by atoms with E-state index >= 15 is 0 Å². The van der Waals surface area contributed by atoms with Gasteiger partial charge in [-0.2, -0.15) is 4.98 Å². The molecular formula is C21H24N4O4S. The van der Waals surface area contributed by atoms with E-state index in [1.54, 1.807) is 18.2 Å². The first-order valence-electron chi connectivity index (χ1n) is 9.53. The Morgan fingerprint density at radius 1 is 1.07 bits per heavy atom. The first-order valence-corrected chi connectivity index (χ1v) is 11.0. The van der Waals surface area contributed by atoms with Crippen LogP contribution in [0, 0.1) is 0 Å². The minimum atomic E-state index is -3.57. The maximum Gasteiger partial charge on any atom is 0.242 e. The molecular weight excluding hydrogens is 404 g/mol. The van der Waals surface area contributed by atoms with Crippen molar-refractivity contribution in [1.29, 1.82) is 0 Å². The van der Waals surface area contributed by atoms with E-state index in [9.17, 15) is 13.2 Å². The van der Waals surface area contributed by atoms with Crippen LogP contribution in [-0.2, 0) is 27.8 Å². The zero-order valence-corrected chi connectivity index (χ0v) is 17.7. The van der Waals surface area contributed by atoms with E-state index in [1.807, 2.05) is 30.3 Å². The molecule has 0 radical (unpaired) electrons. The first-order chi connectivity index (χ1) is 14.4. The Morgan fingerprint density at radius 2 is 1.77 bits per heavy atom. The number of nitrogens with one attached hydrogen (secondary N) is 1. The Morgan fingerprint density at radius 3 is 2.50 bits per heavy atom. The lowest BCUT2D eigenvalue weighted by Gasteiger charge is -2.15. The monoisotopic (exact) mass is 428 g/mol. The second-order valence-corrected chi connectivity index (χ2v) is 9.02. The average Bonchev–Trinajstić information content (AvgIpc) is 3.22. The Balaban J connectivity index is 1.50. The number of hydrogen-bond acceptors (Lipinski definition) is 6. The number of benzene rings is 2. The van der Waals surface area contributed by atoms with Crippen molar-refractivity contribution in [1.82, 2.24) is 19.8 Å². The quantitative estimate of drug-likeness (QED) is 0.562. The summed E-state index contributed by atoms with van der Waals surface area (Å²) in [5.74, 6) is 0.827. The van der Waals surface area contributed by atoms with Gasteiger partial charge in [0.05, 0.1) is 4.90 Å². The molecule has 3 aromatic rings. The predicted molar refractivity (Wildman–Crippen MR) is 112 cm³/mol.